The van der Waals surface area contributed by atoms with E-state index in [9.17, 15) is 78.0 Å². The Balaban J connectivity index is 0.000000268. The van der Waals surface area contributed by atoms with Gasteiger partial charge in [0.25, 0.3) is 23.6 Å². The van der Waals surface area contributed by atoms with Crippen molar-refractivity contribution < 1.29 is 96.9 Å². The molecule has 7 aliphatic rings. The molecule has 816 valence electrons. The molecule has 0 saturated heterocycles. The van der Waals surface area contributed by atoms with Gasteiger partial charge in [-0.2, -0.15) is 20.4 Å². The second-order valence-corrected chi connectivity index (χ2v) is 38.6. The van der Waals surface area contributed by atoms with E-state index in [1.165, 1.54) is 40.0 Å². The average Bonchev–Trinajstić information content (AvgIpc) is 1.62. The largest absolute Gasteiger partial charge is 0.478 e. The molecule has 0 radical (unpaired) electrons. The molecule has 3 fully saturated rings. The Bertz CT molecular complexity index is 6100. The lowest BCUT2D eigenvalue weighted by molar-refractivity contribution is -0.134. The number of hydrogen-bond donors (Lipinski definition) is 12. The van der Waals surface area contributed by atoms with Gasteiger partial charge in [0.15, 0.2) is 5.69 Å². The highest BCUT2D eigenvalue weighted by atomic mass is 35.5. The second-order valence-electron chi connectivity index (χ2n) is 38.2. The minimum absolute atomic E-state index is 0. The third-order valence-corrected chi connectivity index (χ3v) is 27.3. The quantitative estimate of drug-likeness (QED) is 0.0170. The van der Waals surface area contributed by atoms with Gasteiger partial charge in [0.1, 0.15) is 11.4 Å². The number of aliphatic carboxylic acids is 4. The molecule has 4 aromatic heterocycles. The van der Waals surface area contributed by atoms with Crippen LogP contribution in [0.1, 0.15) is 329 Å². The second kappa shape index (κ2) is 56.9. The van der Waals surface area contributed by atoms with Crippen LogP contribution in [0.25, 0.3) is 22.7 Å². The molecule has 3 saturated carbocycles. The van der Waals surface area contributed by atoms with Crippen molar-refractivity contribution >= 4 is 82.7 Å². The van der Waals surface area contributed by atoms with Gasteiger partial charge in [0, 0.05) is 110 Å². The van der Waals surface area contributed by atoms with E-state index in [2.05, 4.69) is 52.7 Å². The molecule has 0 unspecified atom stereocenters. The number of benzene rings is 4. The van der Waals surface area contributed by atoms with Crippen molar-refractivity contribution in [3.63, 3.8) is 0 Å². The Labute approximate surface area is 886 Å². The number of amides is 8. The van der Waals surface area contributed by atoms with Gasteiger partial charge in [-0.15, -0.1) is 0 Å². The van der Waals surface area contributed by atoms with Crippen molar-refractivity contribution in [2.75, 3.05) is 0 Å². The van der Waals surface area contributed by atoms with Crippen molar-refractivity contribution in [1.29, 1.82) is 0 Å². The summed E-state index contributed by atoms with van der Waals surface area (Å²) in [6.07, 6.45) is 18.4. The highest BCUT2D eigenvalue weighted by molar-refractivity contribution is 6.30. The van der Waals surface area contributed by atoms with Crippen LogP contribution in [-0.4, -0.2) is 228 Å². The van der Waals surface area contributed by atoms with Gasteiger partial charge in [0.2, 0.25) is 23.6 Å². The molecule has 8 amide bonds. The number of carboxylic acids is 4. The van der Waals surface area contributed by atoms with Gasteiger partial charge in [-0.1, -0.05) is 153 Å². The number of carbonyl (C=O) groups excluding carboxylic acids is 8. The third-order valence-electron chi connectivity index (χ3n) is 27.0. The van der Waals surface area contributed by atoms with Crippen LogP contribution in [0.2, 0.25) is 5.02 Å². The number of aryl methyl sites for hydroxylation is 3. The molecule has 0 bridgehead atoms. The van der Waals surface area contributed by atoms with E-state index >= 15 is 0 Å². The van der Waals surface area contributed by atoms with Gasteiger partial charge in [-0.3, -0.25) is 38.4 Å². The summed E-state index contributed by atoms with van der Waals surface area (Å²) in [6.45, 7) is 27.5. The molecule has 0 aliphatic heterocycles. The van der Waals surface area contributed by atoms with Crippen LogP contribution in [0.5, 0.6) is 0 Å². The molecule has 150 heavy (non-hydrogen) atoms. The van der Waals surface area contributed by atoms with Crippen LogP contribution in [0, 0.1) is 20.8 Å². The first kappa shape index (κ1) is 123. The Morgan fingerprint density at radius 3 is 1.04 bits per heavy atom. The fraction of sp³-hybridized carbons (Fsp3) is 0.504. The first-order valence-electron chi connectivity index (χ1n) is 50.3. The number of aromatic nitrogens is 8. The molecule has 12 N–H and O–H groups in total. The SMILES string of the molecule is C.C.C.C.C.CCC(CC)O[C@@H]1C=C(C(=O)O)C[C@H](NC(=O)c2cc(C3CC3)n(-c3ccccc3C)n2)[C@H]1NC(C)=O.CCC(CC)O[C@@H]1C=C(C(=O)O)C[C@H](NC(=O)c2cc(C3CC3)nn2-c2cccc(C)c2)[C@H]1NC(C)=O.CCC(CC)O[C@@H]1C=C(C(=O)O)C[C@H](NC(=O)c2cc(C3CC3)nn2-c2ccccc2C)[C@H]1NC(C)=O.CCC(CC)O[C@@H]1C=C(C(=O)O)C[C@H](NC(=O)c2cnn(-c3ccc(Cl)cc3)c2)[C@H]1NC(C)=O. The molecule has 37 heteroatoms. The Kier molecular flexibility index (Phi) is 46.8. The normalized spacial score (nSPS) is 20.4. The van der Waals surface area contributed by atoms with E-state index in [-0.39, 0.29) is 151 Å². The lowest BCUT2D eigenvalue weighted by Crippen LogP contribution is -2.59. The Morgan fingerprint density at radius 2 is 0.707 bits per heavy atom. The molecule has 12 atom stereocenters. The van der Waals surface area contributed by atoms with Crippen LogP contribution in [0.4, 0.5) is 0 Å². The minimum Gasteiger partial charge on any atom is -0.478 e. The first-order valence-corrected chi connectivity index (χ1v) is 50.7. The van der Waals surface area contributed by atoms with E-state index in [0.717, 1.165) is 146 Å². The summed E-state index contributed by atoms with van der Waals surface area (Å²) in [6, 6.07) is 30.6. The number of nitrogens with one attached hydrogen (secondary N) is 8. The van der Waals surface area contributed by atoms with Crippen molar-refractivity contribution in [3.8, 4) is 22.7 Å². The van der Waals surface area contributed by atoms with Gasteiger partial charge in [-0.05, 0) is 218 Å². The number of rotatable bonds is 39. The lowest BCUT2D eigenvalue weighted by Gasteiger charge is -2.38. The summed E-state index contributed by atoms with van der Waals surface area (Å²) in [4.78, 5) is 150. The van der Waals surface area contributed by atoms with Gasteiger partial charge >= 0.3 is 23.9 Å². The number of hydrogen-bond acceptors (Lipinski definition) is 20. The maximum absolute atomic E-state index is 13.7. The Hall–Kier alpha value is -13.6. The van der Waals surface area contributed by atoms with Crippen LogP contribution in [0.15, 0.2) is 174 Å². The number of para-hydroxylation sites is 2. The number of carbonyl (C=O) groups is 12. The van der Waals surface area contributed by atoms with Crippen LogP contribution >= 0.6 is 11.6 Å². The summed E-state index contributed by atoms with van der Waals surface area (Å²) in [5.41, 5.74) is 10.9. The lowest BCUT2D eigenvalue weighted by atomic mass is 9.87. The molecule has 7 aliphatic carbocycles. The third kappa shape index (κ3) is 32.7. The van der Waals surface area contributed by atoms with E-state index in [1.807, 2.05) is 172 Å². The predicted molar refractivity (Wildman–Crippen MR) is 577 cm³/mol. The topological polar surface area (TPSA) is 490 Å². The Morgan fingerprint density at radius 1 is 0.373 bits per heavy atom. The van der Waals surface area contributed by atoms with E-state index in [4.69, 9.17) is 40.7 Å². The van der Waals surface area contributed by atoms with Crippen molar-refractivity contribution in [2.45, 2.75) is 371 Å². The zero-order valence-corrected chi connectivity index (χ0v) is 85.7. The molecular weight excluding hydrogens is 1940 g/mol. The van der Waals surface area contributed by atoms with Gasteiger partial charge < -0.3 is 81.9 Å². The van der Waals surface area contributed by atoms with Crippen LogP contribution in [0.3, 0.4) is 0 Å². The van der Waals surface area contributed by atoms with E-state index in [0.29, 0.717) is 39.7 Å². The fourth-order valence-corrected chi connectivity index (χ4v) is 18.7. The fourth-order valence-electron chi connectivity index (χ4n) is 18.6. The first-order chi connectivity index (χ1) is 69.3. The summed E-state index contributed by atoms with van der Waals surface area (Å²) >= 11 is 5.93. The molecule has 8 aromatic rings. The molecule has 0 spiro atoms. The maximum Gasteiger partial charge on any atom is 0.331 e. The van der Waals surface area contributed by atoms with Crippen LogP contribution in [-0.2, 0) is 57.3 Å². The standard InChI is InChI=1S/3C28H36N4O5.C24H29ClN4O5.5CH4/c1-5-21(6-2)37-25-14-19(28(35)36)13-23(26(25)29-17(4)33)30-27(34)24-15-22(18-10-11-18)31-32(24)20-9-7-8-16(3)12-20;1-5-20(6-2)37-25-14-19(28(35)36)13-22(26(25)29-17(4)33)30-27(34)24-15-21(18-11-12-18)31-32(24)23-10-8-7-9-16(23)3;1-5-20(6-2)37-25-14-19(28(35)36)13-21(26(25)29-17(4)33)30-27(34)22-15-24(18-11-12-18)32(31-22)23-10-8-7-9-16(23)3;1-4-19(5-2)34-21-11-15(24(32)33)10-20(22(21)27-14(3)30)28-23(31)16-12-26-29(13-16)18-8-6-17(25)7-9-18;;;;;/h7-9,12,14-15,18,21,23,25-26H,5-6,10-11,13H2,1-4H3,(H,29,33)(H,30,34)(H,35,36);7-10,14-15,18,20,22,25-26H,5-6,11-13H2,1-4H3,(H,29,33)(H,30,34)(H,35,36);7-10,14-15,18,20-21,25-26H,5-6,11-13H2,1-4H3,(H,29,33)(H,30,34)(H,35,36);6-9,11-13,19-22H,4-5,10H2,1-3H3,(H,27,30)(H,28,31)(H,32,33);5*1H4/t23-,25+,26+;22-,25+,26+;21-,25+,26+;20-,21+,22+;;;;;/m0000...../s1. The monoisotopic (exact) mass is 2090 g/mol. The number of ether oxygens (including phenoxy) is 4. The molecule has 15 rings (SSSR count). The highest BCUT2D eigenvalue weighted by Gasteiger charge is 2.46. The molecular formula is C113H157ClN16O20. The smallest absolute Gasteiger partial charge is 0.331 e. The molecule has 4 heterocycles. The zero-order valence-electron chi connectivity index (χ0n) is 84.9. The summed E-state index contributed by atoms with van der Waals surface area (Å²) < 4.78 is 31.5. The average molecular weight is 2100 g/mol. The van der Waals surface area contributed by atoms with Gasteiger partial charge in [0.05, 0.1) is 143 Å². The maximum atomic E-state index is 13.7. The number of carboxylic acid groups (broad SMARTS) is 4. The molecule has 4 aromatic carbocycles. The summed E-state index contributed by atoms with van der Waals surface area (Å²) in [5.74, 6) is -6.01. The number of halogens is 1. The van der Waals surface area contributed by atoms with E-state index in [1.54, 1.807) is 62.7 Å². The molecule has 36 nitrogen and oxygen atoms in total. The number of nitrogens with zero attached hydrogens (tertiary/aromatic N) is 8. The van der Waals surface area contributed by atoms with Crippen molar-refractivity contribution in [3.05, 3.63) is 236 Å². The highest BCUT2D eigenvalue weighted by Crippen LogP contribution is 2.44. The summed E-state index contributed by atoms with van der Waals surface area (Å²) in [7, 11) is 0. The van der Waals surface area contributed by atoms with E-state index < -0.39 is 108 Å². The summed E-state index contributed by atoms with van der Waals surface area (Å²) in [5, 5.41) is 81.4. The van der Waals surface area contributed by atoms with Gasteiger partial charge in [-0.25, -0.2) is 37.9 Å². The van der Waals surface area contributed by atoms with Crippen molar-refractivity contribution in [1.82, 2.24) is 81.7 Å². The van der Waals surface area contributed by atoms with Crippen LogP contribution < -0.4 is 42.5 Å². The van der Waals surface area contributed by atoms with Crippen molar-refractivity contribution in [2.24, 2.45) is 0 Å². The predicted octanol–water partition coefficient (Wildman–Crippen LogP) is 17.2. The zero-order chi connectivity index (χ0) is 105. The minimum atomic E-state index is -1.09.